The molecule has 1 N–H and O–H groups in total. The lowest BCUT2D eigenvalue weighted by Crippen LogP contribution is -2.28. The normalized spacial score (nSPS) is 12.7. The predicted molar refractivity (Wildman–Crippen MR) is 71.7 cm³/mol. The average Bonchev–Trinajstić information content (AvgIpc) is 2.51. The third kappa shape index (κ3) is 1.56. The van der Waals surface area contributed by atoms with Crippen LogP contribution in [0.4, 0.5) is 0 Å². The summed E-state index contributed by atoms with van der Waals surface area (Å²) in [6.45, 7) is 0. The summed E-state index contributed by atoms with van der Waals surface area (Å²) in [5.74, 6) is -1.71. The van der Waals surface area contributed by atoms with E-state index in [0.29, 0.717) is 16.8 Å². The number of hydrogen-bond acceptors (Lipinski definition) is 4. The fourth-order valence-corrected chi connectivity index (χ4v) is 2.34. The minimum Gasteiger partial charge on any atom is -0.355 e. The van der Waals surface area contributed by atoms with Crippen LogP contribution in [0.15, 0.2) is 36.5 Å². The topological polar surface area (TPSA) is 76.1 Å². The lowest BCUT2D eigenvalue weighted by molar-refractivity contribution is 0.0812. The Bertz CT molecular complexity index is 765. The highest BCUT2D eigenvalue weighted by Crippen LogP contribution is 2.33. The Labute approximate surface area is 114 Å². The molecule has 0 saturated heterocycles. The van der Waals surface area contributed by atoms with Crippen LogP contribution in [-0.4, -0.2) is 29.5 Å². The molecule has 0 unspecified atom stereocenters. The molecule has 5 nitrogen and oxygen atoms in total. The number of fused-ring (bicyclic) bond motifs is 3. The minimum absolute atomic E-state index is 0.0792. The molecule has 3 rings (SSSR count). The van der Waals surface area contributed by atoms with Crippen molar-refractivity contribution in [3.05, 3.63) is 53.2 Å². The molecule has 0 aliphatic heterocycles. The summed E-state index contributed by atoms with van der Waals surface area (Å²) in [7, 11) is 1.47. The largest absolute Gasteiger partial charge is 0.355 e. The number of nitrogens with one attached hydrogen (secondary N) is 1. The second-order valence-electron chi connectivity index (χ2n) is 4.37. The first-order valence-electron chi connectivity index (χ1n) is 6.04. The zero-order valence-electron chi connectivity index (χ0n) is 10.6. The summed E-state index contributed by atoms with van der Waals surface area (Å²) in [6, 6.07) is 8.21. The van der Waals surface area contributed by atoms with E-state index in [9.17, 15) is 14.4 Å². The maximum Gasteiger partial charge on any atom is 0.251 e. The van der Waals surface area contributed by atoms with Crippen LogP contribution in [0.1, 0.15) is 31.1 Å². The molecule has 0 atom stereocenters. The number of ketones is 2. The first-order valence-corrected chi connectivity index (χ1v) is 6.04. The molecule has 0 radical (unpaired) electrons. The second-order valence-corrected chi connectivity index (χ2v) is 4.37. The minimum atomic E-state index is -0.689. The lowest BCUT2D eigenvalue weighted by atomic mass is 9.85. The molecule has 1 heterocycles. The van der Waals surface area contributed by atoms with E-state index in [1.807, 2.05) is 0 Å². The third-order valence-electron chi connectivity index (χ3n) is 3.28. The molecule has 1 aliphatic carbocycles. The molecule has 1 amide bonds. The van der Waals surface area contributed by atoms with Gasteiger partial charge in [-0.3, -0.25) is 19.4 Å². The van der Waals surface area contributed by atoms with Crippen molar-refractivity contribution in [1.82, 2.24) is 10.3 Å². The number of hydrogen-bond donors (Lipinski definition) is 1. The summed E-state index contributed by atoms with van der Waals surface area (Å²) in [4.78, 5) is 40.4. The van der Waals surface area contributed by atoms with Gasteiger partial charge in [-0.05, 0) is 6.07 Å². The Hall–Kier alpha value is -2.82. The average molecular weight is 266 g/mol. The van der Waals surface area contributed by atoms with Gasteiger partial charge < -0.3 is 5.32 Å². The van der Waals surface area contributed by atoms with E-state index in [2.05, 4.69) is 10.3 Å². The predicted octanol–water partition coefficient (Wildman–Crippen LogP) is 1.49. The van der Waals surface area contributed by atoms with Gasteiger partial charge in [-0.2, -0.15) is 0 Å². The standard InChI is InChI=1S/C15H10N2O3/c1-16-15(20)10-6-7-17-12-8-4-2-3-5-9(8)13(18)14(19)11(10)12/h2-7H,1H3,(H,16,20). The number of carbonyl (C=O) groups excluding carboxylic acids is 3. The van der Waals surface area contributed by atoms with Crippen molar-refractivity contribution in [2.45, 2.75) is 0 Å². The molecule has 1 aromatic carbocycles. The van der Waals surface area contributed by atoms with Crippen LogP contribution >= 0.6 is 0 Å². The maximum absolute atomic E-state index is 12.3. The number of rotatable bonds is 1. The van der Waals surface area contributed by atoms with E-state index in [4.69, 9.17) is 0 Å². The van der Waals surface area contributed by atoms with E-state index in [1.54, 1.807) is 24.3 Å². The molecule has 20 heavy (non-hydrogen) atoms. The van der Waals surface area contributed by atoms with Crippen LogP contribution in [-0.2, 0) is 0 Å². The summed E-state index contributed by atoms with van der Waals surface area (Å²) in [5, 5.41) is 2.46. The smallest absolute Gasteiger partial charge is 0.251 e. The Morgan fingerprint density at radius 2 is 1.75 bits per heavy atom. The van der Waals surface area contributed by atoms with Crippen molar-refractivity contribution in [3.63, 3.8) is 0 Å². The van der Waals surface area contributed by atoms with Gasteiger partial charge >= 0.3 is 0 Å². The number of Topliss-reactive ketones (excluding diaryl/α,β-unsaturated/α-hetero) is 2. The van der Waals surface area contributed by atoms with E-state index in [0.717, 1.165) is 0 Å². The van der Waals surface area contributed by atoms with E-state index in [-0.39, 0.29) is 11.1 Å². The van der Waals surface area contributed by atoms with Crippen molar-refractivity contribution < 1.29 is 14.4 Å². The third-order valence-corrected chi connectivity index (χ3v) is 3.28. The Morgan fingerprint density at radius 1 is 1.05 bits per heavy atom. The van der Waals surface area contributed by atoms with E-state index in [1.165, 1.54) is 19.3 Å². The van der Waals surface area contributed by atoms with E-state index >= 15 is 0 Å². The summed E-state index contributed by atoms with van der Waals surface area (Å²) < 4.78 is 0. The number of carbonyl (C=O) groups is 3. The highest BCUT2D eigenvalue weighted by Gasteiger charge is 2.34. The van der Waals surface area contributed by atoms with Gasteiger partial charge in [0.05, 0.1) is 16.8 Å². The zero-order valence-corrected chi connectivity index (χ0v) is 10.6. The van der Waals surface area contributed by atoms with Gasteiger partial charge in [-0.15, -0.1) is 0 Å². The number of amides is 1. The van der Waals surface area contributed by atoms with Crippen LogP contribution < -0.4 is 5.32 Å². The first kappa shape index (κ1) is 12.2. The van der Waals surface area contributed by atoms with Crippen LogP contribution in [0.5, 0.6) is 0 Å². The molecule has 1 aromatic heterocycles. The van der Waals surface area contributed by atoms with Gasteiger partial charge in [0.15, 0.2) is 0 Å². The van der Waals surface area contributed by atoms with Gasteiger partial charge in [-0.1, -0.05) is 24.3 Å². The van der Waals surface area contributed by atoms with Crippen molar-refractivity contribution in [1.29, 1.82) is 0 Å². The van der Waals surface area contributed by atoms with E-state index < -0.39 is 17.5 Å². The quantitative estimate of drug-likeness (QED) is 0.793. The highest BCUT2D eigenvalue weighted by atomic mass is 16.2. The van der Waals surface area contributed by atoms with Gasteiger partial charge in [-0.25, -0.2) is 0 Å². The Kier molecular flexibility index (Phi) is 2.68. The molecule has 98 valence electrons. The highest BCUT2D eigenvalue weighted by molar-refractivity contribution is 6.53. The molecule has 0 bridgehead atoms. The van der Waals surface area contributed by atoms with Crippen LogP contribution in [0.3, 0.4) is 0 Å². The zero-order chi connectivity index (χ0) is 14.3. The van der Waals surface area contributed by atoms with Crippen molar-refractivity contribution >= 4 is 17.5 Å². The summed E-state index contributed by atoms with van der Waals surface area (Å²) >= 11 is 0. The number of nitrogens with zero attached hydrogens (tertiary/aromatic N) is 1. The number of aromatic nitrogens is 1. The fourth-order valence-electron chi connectivity index (χ4n) is 2.34. The lowest BCUT2D eigenvalue weighted by Gasteiger charge is -2.18. The first-order chi connectivity index (χ1) is 9.65. The molecule has 0 saturated carbocycles. The molecular weight excluding hydrogens is 256 g/mol. The van der Waals surface area contributed by atoms with Gasteiger partial charge in [0, 0.05) is 24.4 Å². The molecule has 1 aliphatic rings. The van der Waals surface area contributed by atoms with Gasteiger partial charge in [0.25, 0.3) is 5.91 Å². The molecule has 0 fully saturated rings. The molecule has 2 aromatic rings. The van der Waals surface area contributed by atoms with Crippen LogP contribution in [0.25, 0.3) is 11.3 Å². The summed E-state index contributed by atoms with van der Waals surface area (Å²) in [5.41, 5.74) is 1.54. The Morgan fingerprint density at radius 3 is 2.45 bits per heavy atom. The van der Waals surface area contributed by atoms with Gasteiger partial charge in [0.1, 0.15) is 0 Å². The van der Waals surface area contributed by atoms with Crippen LogP contribution in [0.2, 0.25) is 0 Å². The fraction of sp³-hybridized carbons (Fsp3) is 0.0667. The summed E-state index contributed by atoms with van der Waals surface area (Å²) in [6.07, 6.45) is 1.46. The SMILES string of the molecule is CNC(=O)c1ccnc2c1C(=O)C(=O)c1ccccc1-2. The van der Waals surface area contributed by atoms with Crippen molar-refractivity contribution in [2.24, 2.45) is 0 Å². The number of benzene rings is 1. The van der Waals surface area contributed by atoms with Crippen molar-refractivity contribution in [2.75, 3.05) is 7.05 Å². The van der Waals surface area contributed by atoms with Crippen LogP contribution in [0, 0.1) is 0 Å². The molecule has 0 spiro atoms. The molecule has 5 heteroatoms. The monoisotopic (exact) mass is 266 g/mol. The Balaban J connectivity index is 2.37. The van der Waals surface area contributed by atoms with Gasteiger partial charge in [0.2, 0.25) is 11.6 Å². The molecular formula is C15H10N2O3. The maximum atomic E-state index is 12.3. The number of pyridine rings is 1. The second kappa shape index (κ2) is 4.38. The van der Waals surface area contributed by atoms with Crippen molar-refractivity contribution in [3.8, 4) is 11.3 Å².